The molecule has 1 rings (SSSR count). The number of nitriles is 1. The molecule has 0 radical (unpaired) electrons. The molecule has 0 aromatic rings. The SMILES string of the molecule is CSC(SC)=C(C#N)C(=O)N1CCOCC1. The summed E-state index contributed by atoms with van der Waals surface area (Å²) in [6.45, 7) is 2.25. The fourth-order valence-electron chi connectivity index (χ4n) is 1.39. The van der Waals surface area contributed by atoms with E-state index in [9.17, 15) is 4.79 Å². The monoisotopic (exact) mass is 258 g/mol. The summed E-state index contributed by atoms with van der Waals surface area (Å²) in [5.41, 5.74) is 0.252. The fourth-order valence-corrected chi connectivity index (χ4v) is 2.73. The van der Waals surface area contributed by atoms with E-state index in [-0.39, 0.29) is 11.5 Å². The highest BCUT2D eigenvalue weighted by atomic mass is 32.2. The normalized spacial score (nSPS) is 15.4. The minimum atomic E-state index is -0.176. The third kappa shape index (κ3) is 3.17. The lowest BCUT2D eigenvalue weighted by Gasteiger charge is -2.26. The van der Waals surface area contributed by atoms with E-state index in [1.807, 2.05) is 18.6 Å². The van der Waals surface area contributed by atoms with Crippen molar-refractivity contribution >= 4 is 29.4 Å². The van der Waals surface area contributed by atoms with Gasteiger partial charge in [-0.2, -0.15) is 5.26 Å². The van der Waals surface area contributed by atoms with Gasteiger partial charge in [-0.1, -0.05) is 0 Å². The van der Waals surface area contributed by atoms with Crippen molar-refractivity contribution in [2.75, 3.05) is 38.8 Å². The molecule has 1 amide bonds. The maximum atomic E-state index is 12.1. The summed E-state index contributed by atoms with van der Waals surface area (Å²) >= 11 is 2.87. The second kappa shape index (κ2) is 6.84. The lowest BCUT2D eigenvalue weighted by atomic mass is 10.2. The minimum Gasteiger partial charge on any atom is -0.378 e. The van der Waals surface area contributed by atoms with Crippen LogP contribution in [0, 0.1) is 11.3 Å². The van der Waals surface area contributed by atoms with E-state index in [0.717, 1.165) is 4.24 Å². The summed E-state index contributed by atoms with van der Waals surface area (Å²) in [7, 11) is 0. The zero-order valence-electron chi connectivity index (χ0n) is 9.36. The Morgan fingerprint density at radius 2 is 1.88 bits per heavy atom. The zero-order valence-corrected chi connectivity index (χ0v) is 11.0. The van der Waals surface area contributed by atoms with E-state index in [4.69, 9.17) is 10.00 Å². The van der Waals surface area contributed by atoms with Crippen molar-refractivity contribution in [1.29, 1.82) is 5.26 Å². The van der Waals surface area contributed by atoms with Crippen LogP contribution in [0.25, 0.3) is 0 Å². The van der Waals surface area contributed by atoms with Crippen LogP contribution in [-0.2, 0) is 9.53 Å². The Balaban J connectivity index is 2.84. The molecule has 1 aliphatic heterocycles. The molecule has 1 saturated heterocycles. The summed E-state index contributed by atoms with van der Waals surface area (Å²) in [6, 6.07) is 2.01. The first-order valence-electron chi connectivity index (χ1n) is 4.84. The highest BCUT2D eigenvalue weighted by molar-refractivity contribution is 8.21. The van der Waals surface area contributed by atoms with Gasteiger partial charge < -0.3 is 9.64 Å². The number of nitrogens with zero attached hydrogens (tertiary/aromatic N) is 2. The highest BCUT2D eigenvalue weighted by Gasteiger charge is 2.23. The molecular weight excluding hydrogens is 244 g/mol. The van der Waals surface area contributed by atoms with E-state index >= 15 is 0 Å². The number of hydrogen-bond acceptors (Lipinski definition) is 5. The predicted octanol–water partition coefficient (Wildman–Crippen LogP) is 1.31. The molecule has 0 aromatic heterocycles. The van der Waals surface area contributed by atoms with Gasteiger partial charge in [-0.25, -0.2) is 0 Å². The standard InChI is InChI=1S/C10H14N2O2S2/c1-15-10(16-2)8(7-11)9(13)12-3-5-14-6-4-12/h3-6H2,1-2H3. The van der Waals surface area contributed by atoms with Gasteiger partial charge in [-0.05, 0) is 12.5 Å². The summed E-state index contributed by atoms with van der Waals surface area (Å²) in [5, 5.41) is 9.05. The number of amides is 1. The maximum Gasteiger partial charge on any atom is 0.266 e. The predicted molar refractivity (Wildman–Crippen MR) is 67.1 cm³/mol. The Morgan fingerprint density at radius 3 is 2.31 bits per heavy atom. The molecule has 0 bridgehead atoms. The molecule has 16 heavy (non-hydrogen) atoms. The molecule has 1 fully saturated rings. The Morgan fingerprint density at radius 1 is 1.31 bits per heavy atom. The first-order chi connectivity index (χ1) is 7.74. The third-order valence-electron chi connectivity index (χ3n) is 2.20. The first kappa shape index (κ1) is 13.4. The summed E-state index contributed by atoms with van der Waals surface area (Å²) < 4.78 is 5.95. The van der Waals surface area contributed by atoms with Crippen molar-refractivity contribution in [2.24, 2.45) is 0 Å². The molecule has 0 saturated carbocycles. The molecule has 0 spiro atoms. The van der Waals surface area contributed by atoms with Crippen molar-refractivity contribution < 1.29 is 9.53 Å². The van der Waals surface area contributed by atoms with Crippen molar-refractivity contribution in [1.82, 2.24) is 4.90 Å². The van der Waals surface area contributed by atoms with Gasteiger partial charge in [-0.15, -0.1) is 23.5 Å². The lowest BCUT2D eigenvalue weighted by molar-refractivity contribution is -0.130. The van der Waals surface area contributed by atoms with Crippen LogP contribution >= 0.6 is 23.5 Å². The quantitative estimate of drug-likeness (QED) is 0.564. The molecule has 0 unspecified atom stereocenters. The van der Waals surface area contributed by atoms with Gasteiger partial charge in [0.1, 0.15) is 11.6 Å². The van der Waals surface area contributed by atoms with Crippen molar-refractivity contribution in [3.05, 3.63) is 9.81 Å². The van der Waals surface area contributed by atoms with Gasteiger partial charge in [0.2, 0.25) is 0 Å². The number of carbonyl (C=O) groups excluding carboxylic acids is 1. The third-order valence-corrected chi connectivity index (χ3v) is 4.35. The Kier molecular flexibility index (Phi) is 5.74. The second-order valence-electron chi connectivity index (χ2n) is 3.09. The van der Waals surface area contributed by atoms with E-state index in [1.165, 1.54) is 23.5 Å². The summed E-state index contributed by atoms with van der Waals surface area (Å²) in [5.74, 6) is -0.176. The van der Waals surface area contributed by atoms with Crippen LogP contribution in [0.15, 0.2) is 9.81 Å². The number of carbonyl (C=O) groups is 1. The molecule has 6 heteroatoms. The van der Waals surface area contributed by atoms with Crippen LogP contribution < -0.4 is 0 Å². The smallest absolute Gasteiger partial charge is 0.266 e. The van der Waals surface area contributed by atoms with E-state index in [2.05, 4.69) is 0 Å². The average molecular weight is 258 g/mol. The van der Waals surface area contributed by atoms with Crippen LogP contribution in [0.5, 0.6) is 0 Å². The van der Waals surface area contributed by atoms with Gasteiger partial charge >= 0.3 is 0 Å². The van der Waals surface area contributed by atoms with Crippen molar-refractivity contribution in [3.8, 4) is 6.07 Å². The maximum absolute atomic E-state index is 12.1. The number of hydrogen-bond donors (Lipinski definition) is 0. The van der Waals surface area contributed by atoms with E-state index in [1.54, 1.807) is 4.90 Å². The van der Waals surface area contributed by atoms with Crippen molar-refractivity contribution in [3.63, 3.8) is 0 Å². The number of rotatable bonds is 3. The highest BCUT2D eigenvalue weighted by Crippen LogP contribution is 2.28. The zero-order chi connectivity index (χ0) is 12.0. The van der Waals surface area contributed by atoms with Gasteiger partial charge in [0.15, 0.2) is 0 Å². The number of morpholine rings is 1. The Bertz CT molecular complexity index is 324. The van der Waals surface area contributed by atoms with E-state index < -0.39 is 0 Å². The molecular formula is C10H14N2O2S2. The van der Waals surface area contributed by atoms with E-state index in [0.29, 0.717) is 26.3 Å². The van der Waals surface area contributed by atoms with Gasteiger partial charge in [0.05, 0.1) is 17.5 Å². The summed E-state index contributed by atoms with van der Waals surface area (Å²) in [4.78, 5) is 13.7. The average Bonchev–Trinajstić information content (AvgIpc) is 2.36. The molecule has 0 aliphatic carbocycles. The molecule has 0 N–H and O–H groups in total. The van der Waals surface area contributed by atoms with Crippen LogP contribution in [0.1, 0.15) is 0 Å². The van der Waals surface area contributed by atoms with Crippen molar-refractivity contribution in [2.45, 2.75) is 0 Å². The number of ether oxygens (including phenoxy) is 1. The molecule has 0 atom stereocenters. The molecule has 1 aliphatic rings. The van der Waals surface area contributed by atoms with Crippen LogP contribution in [0.4, 0.5) is 0 Å². The van der Waals surface area contributed by atoms with Crippen LogP contribution in [-0.4, -0.2) is 49.6 Å². The molecule has 88 valence electrons. The molecule has 1 heterocycles. The minimum absolute atomic E-state index is 0.176. The topological polar surface area (TPSA) is 53.3 Å². The molecule has 0 aromatic carbocycles. The summed E-state index contributed by atoms with van der Waals surface area (Å²) in [6.07, 6.45) is 3.74. The first-order valence-corrected chi connectivity index (χ1v) is 7.29. The van der Waals surface area contributed by atoms with Gasteiger partial charge in [0, 0.05) is 13.1 Å². The largest absolute Gasteiger partial charge is 0.378 e. The number of thioether (sulfide) groups is 2. The Hall–Kier alpha value is -0.640. The van der Waals surface area contributed by atoms with Gasteiger partial charge in [-0.3, -0.25) is 4.79 Å². The Labute approximate surface area is 104 Å². The second-order valence-corrected chi connectivity index (χ2v) is 4.98. The van der Waals surface area contributed by atoms with Crippen LogP contribution in [0.2, 0.25) is 0 Å². The lowest BCUT2D eigenvalue weighted by Crippen LogP contribution is -2.41. The van der Waals surface area contributed by atoms with Crippen LogP contribution in [0.3, 0.4) is 0 Å². The van der Waals surface area contributed by atoms with Gasteiger partial charge in [0.25, 0.3) is 5.91 Å². The fraction of sp³-hybridized carbons (Fsp3) is 0.600. The molecule has 4 nitrogen and oxygen atoms in total.